The first-order valence-electron chi connectivity index (χ1n) is 12.8. The highest BCUT2D eigenvalue weighted by Gasteiger charge is 2.38. The number of likely N-dealkylation sites (tertiary alicyclic amines) is 1. The van der Waals surface area contributed by atoms with E-state index < -0.39 is 0 Å². The molecule has 0 aromatic carbocycles. The number of rotatable bonds is 6. The summed E-state index contributed by atoms with van der Waals surface area (Å²) in [7, 11) is 0. The lowest BCUT2D eigenvalue weighted by Gasteiger charge is -2.42. The molecule has 0 spiro atoms. The summed E-state index contributed by atoms with van der Waals surface area (Å²) < 4.78 is 6.49. The molecule has 2 heterocycles. The second kappa shape index (κ2) is 10.8. The number of piperidine rings is 1. The van der Waals surface area contributed by atoms with Gasteiger partial charge in [-0.2, -0.15) is 5.10 Å². The SMILES string of the molecule is CC(C)[C@H]1CC[C@@H](OC[C@H]2[C@@H](c3cc[nH]n3)CCCN2C(=O)NC2CCCCC2)CC1. The summed E-state index contributed by atoms with van der Waals surface area (Å²) in [5.74, 6) is 1.84. The molecule has 1 aromatic rings. The van der Waals surface area contributed by atoms with Gasteiger partial charge < -0.3 is 15.0 Å². The Bertz CT molecular complexity index is 663. The number of nitrogens with zero attached hydrogens (tertiary/aromatic N) is 2. The average molecular weight is 431 g/mol. The number of carbonyl (C=O) groups excluding carboxylic acids is 1. The fourth-order valence-corrected chi connectivity index (χ4v) is 6.00. The lowest BCUT2D eigenvalue weighted by Crippen LogP contribution is -2.55. The Labute approximate surface area is 187 Å². The van der Waals surface area contributed by atoms with E-state index in [1.807, 2.05) is 6.20 Å². The van der Waals surface area contributed by atoms with Crippen molar-refractivity contribution in [1.82, 2.24) is 20.4 Å². The number of urea groups is 1. The highest BCUT2D eigenvalue weighted by Crippen LogP contribution is 2.35. The minimum Gasteiger partial charge on any atom is -0.376 e. The molecule has 174 valence electrons. The Kier molecular flexibility index (Phi) is 7.91. The quantitative estimate of drug-likeness (QED) is 0.649. The van der Waals surface area contributed by atoms with Crippen molar-refractivity contribution in [2.24, 2.45) is 11.8 Å². The molecule has 0 radical (unpaired) electrons. The molecular formula is C25H42N4O2. The molecule has 6 nitrogen and oxygen atoms in total. The van der Waals surface area contributed by atoms with E-state index in [1.165, 1.54) is 32.1 Å². The average Bonchev–Trinajstić information content (AvgIpc) is 3.33. The molecule has 2 saturated carbocycles. The van der Waals surface area contributed by atoms with Gasteiger partial charge in [-0.15, -0.1) is 0 Å². The zero-order chi connectivity index (χ0) is 21.6. The Morgan fingerprint density at radius 3 is 2.58 bits per heavy atom. The van der Waals surface area contributed by atoms with Gasteiger partial charge in [0.25, 0.3) is 0 Å². The first-order chi connectivity index (χ1) is 15.1. The van der Waals surface area contributed by atoms with E-state index in [2.05, 4.69) is 40.3 Å². The molecule has 2 amide bonds. The van der Waals surface area contributed by atoms with Crippen molar-refractivity contribution in [3.8, 4) is 0 Å². The molecule has 0 unspecified atom stereocenters. The molecule has 0 bridgehead atoms. The molecule has 1 aromatic heterocycles. The maximum atomic E-state index is 13.3. The summed E-state index contributed by atoms with van der Waals surface area (Å²) in [6.07, 6.45) is 15.1. The highest BCUT2D eigenvalue weighted by atomic mass is 16.5. The van der Waals surface area contributed by atoms with E-state index >= 15 is 0 Å². The van der Waals surface area contributed by atoms with Crippen molar-refractivity contribution < 1.29 is 9.53 Å². The van der Waals surface area contributed by atoms with Crippen LogP contribution < -0.4 is 5.32 Å². The summed E-state index contributed by atoms with van der Waals surface area (Å²) in [6, 6.07) is 2.56. The molecule has 3 fully saturated rings. The first-order valence-corrected chi connectivity index (χ1v) is 12.8. The second-order valence-corrected chi connectivity index (χ2v) is 10.4. The zero-order valence-electron chi connectivity index (χ0n) is 19.5. The maximum absolute atomic E-state index is 13.3. The molecule has 2 aliphatic carbocycles. The Hall–Kier alpha value is -1.56. The molecular weight excluding hydrogens is 388 g/mol. The Morgan fingerprint density at radius 2 is 1.90 bits per heavy atom. The molecule has 2 N–H and O–H groups in total. The van der Waals surface area contributed by atoms with Crippen LogP contribution in [0.15, 0.2) is 12.3 Å². The maximum Gasteiger partial charge on any atom is 0.317 e. The van der Waals surface area contributed by atoms with Gasteiger partial charge in [0.1, 0.15) is 0 Å². The van der Waals surface area contributed by atoms with Gasteiger partial charge in [0.05, 0.1) is 24.4 Å². The van der Waals surface area contributed by atoms with Crippen LogP contribution in [0.1, 0.15) is 96.1 Å². The van der Waals surface area contributed by atoms with E-state index in [0.717, 1.165) is 62.6 Å². The van der Waals surface area contributed by atoms with Crippen LogP contribution in [-0.4, -0.2) is 52.5 Å². The van der Waals surface area contributed by atoms with Gasteiger partial charge in [0.15, 0.2) is 0 Å². The van der Waals surface area contributed by atoms with E-state index in [9.17, 15) is 4.79 Å². The van der Waals surface area contributed by atoms with Gasteiger partial charge in [-0.05, 0) is 69.3 Å². The van der Waals surface area contributed by atoms with Crippen molar-refractivity contribution in [1.29, 1.82) is 0 Å². The number of nitrogens with one attached hydrogen (secondary N) is 2. The van der Waals surface area contributed by atoms with E-state index in [1.54, 1.807) is 0 Å². The second-order valence-electron chi connectivity index (χ2n) is 10.4. The first kappa shape index (κ1) is 22.6. The van der Waals surface area contributed by atoms with Gasteiger partial charge >= 0.3 is 6.03 Å². The van der Waals surface area contributed by atoms with E-state index in [4.69, 9.17) is 4.74 Å². The van der Waals surface area contributed by atoms with Gasteiger partial charge in [0.2, 0.25) is 0 Å². The topological polar surface area (TPSA) is 70.2 Å². The number of ether oxygens (including phenoxy) is 1. The van der Waals surface area contributed by atoms with Crippen LogP contribution in [0.4, 0.5) is 4.79 Å². The van der Waals surface area contributed by atoms with Crippen LogP contribution in [0, 0.1) is 11.8 Å². The van der Waals surface area contributed by atoms with Gasteiger partial charge in [-0.25, -0.2) is 4.79 Å². The predicted octanol–water partition coefficient (Wildman–Crippen LogP) is 5.23. The largest absolute Gasteiger partial charge is 0.376 e. The number of aromatic amines is 1. The van der Waals surface area contributed by atoms with Crippen LogP contribution in [0.25, 0.3) is 0 Å². The summed E-state index contributed by atoms with van der Waals surface area (Å²) in [6.45, 7) is 6.11. The minimum absolute atomic E-state index is 0.0588. The number of carbonyl (C=O) groups is 1. The van der Waals surface area contributed by atoms with E-state index in [0.29, 0.717) is 18.8 Å². The van der Waals surface area contributed by atoms with Gasteiger partial charge in [-0.1, -0.05) is 33.1 Å². The van der Waals surface area contributed by atoms with Gasteiger partial charge in [-0.3, -0.25) is 5.10 Å². The van der Waals surface area contributed by atoms with Crippen LogP contribution in [-0.2, 0) is 4.74 Å². The molecule has 4 rings (SSSR count). The molecule has 2 atom stereocenters. The normalized spacial score (nSPS) is 30.5. The molecule has 1 aliphatic heterocycles. The summed E-state index contributed by atoms with van der Waals surface area (Å²) in [4.78, 5) is 15.4. The van der Waals surface area contributed by atoms with Crippen molar-refractivity contribution >= 4 is 6.03 Å². The van der Waals surface area contributed by atoms with Crippen molar-refractivity contribution in [2.45, 2.75) is 109 Å². The third kappa shape index (κ3) is 5.82. The number of aromatic nitrogens is 2. The highest BCUT2D eigenvalue weighted by molar-refractivity contribution is 5.75. The zero-order valence-corrected chi connectivity index (χ0v) is 19.5. The predicted molar refractivity (Wildman–Crippen MR) is 123 cm³/mol. The van der Waals surface area contributed by atoms with Crippen LogP contribution in [0.3, 0.4) is 0 Å². The van der Waals surface area contributed by atoms with Crippen molar-refractivity contribution in [2.75, 3.05) is 13.2 Å². The van der Waals surface area contributed by atoms with E-state index in [-0.39, 0.29) is 18.0 Å². The number of hydrogen-bond acceptors (Lipinski definition) is 3. The van der Waals surface area contributed by atoms with Crippen LogP contribution >= 0.6 is 0 Å². The molecule has 31 heavy (non-hydrogen) atoms. The number of H-pyrrole nitrogens is 1. The third-order valence-electron chi connectivity index (χ3n) is 8.04. The summed E-state index contributed by atoms with van der Waals surface area (Å²) >= 11 is 0. The standard InChI is InChI=1S/C25H42N4O2/c1-18(2)19-10-12-21(13-11-19)31-17-24-22(23-14-15-26-28-23)9-6-16-29(24)25(30)27-20-7-4-3-5-8-20/h14-15,18-22,24H,3-13,16-17H2,1-2H3,(H,26,28)(H,27,30)/t19-,21+,22-,24+/m1/s1. The van der Waals surface area contributed by atoms with Crippen LogP contribution in [0.2, 0.25) is 0 Å². The van der Waals surface area contributed by atoms with Crippen LogP contribution in [0.5, 0.6) is 0 Å². The molecule has 1 saturated heterocycles. The Balaban J connectivity index is 1.40. The smallest absolute Gasteiger partial charge is 0.317 e. The number of amides is 2. The molecule has 6 heteroatoms. The lowest BCUT2D eigenvalue weighted by molar-refractivity contribution is -0.0241. The van der Waals surface area contributed by atoms with Crippen molar-refractivity contribution in [3.05, 3.63) is 18.0 Å². The number of hydrogen-bond donors (Lipinski definition) is 2. The summed E-state index contributed by atoms with van der Waals surface area (Å²) in [5.41, 5.74) is 1.06. The Morgan fingerprint density at radius 1 is 1.13 bits per heavy atom. The van der Waals surface area contributed by atoms with Crippen molar-refractivity contribution in [3.63, 3.8) is 0 Å². The fraction of sp³-hybridized carbons (Fsp3) is 0.840. The fourth-order valence-electron chi connectivity index (χ4n) is 6.00. The third-order valence-corrected chi connectivity index (χ3v) is 8.04. The minimum atomic E-state index is 0.0588. The molecule has 3 aliphatic rings. The summed E-state index contributed by atoms with van der Waals surface area (Å²) in [5, 5.41) is 10.8. The van der Waals surface area contributed by atoms with Gasteiger partial charge in [0, 0.05) is 24.7 Å². The lowest BCUT2D eigenvalue weighted by atomic mass is 9.80. The monoisotopic (exact) mass is 430 g/mol.